The average Bonchev–Trinajstić information content (AvgIpc) is 1.72. The van der Waals surface area contributed by atoms with Gasteiger partial charge in [-0.15, -0.1) is 0 Å². The van der Waals surface area contributed by atoms with E-state index < -0.39 is 0 Å². The Bertz CT molecular complexity index is 23.6. The van der Waals surface area contributed by atoms with Crippen molar-refractivity contribution in [2.24, 2.45) is 0 Å². The smallest absolute Gasteiger partial charge is 0 e. The first-order valence-corrected chi connectivity index (χ1v) is 2.52. The predicted molar refractivity (Wildman–Crippen MR) is 26.4 cm³/mol. The van der Waals surface area contributed by atoms with Crippen molar-refractivity contribution in [2.75, 3.05) is 13.1 Å². The van der Waals surface area contributed by atoms with E-state index >= 15 is 0 Å². The molecule has 1 aliphatic heterocycles. The normalized spacial score (nSPS) is 20.6. The molecule has 1 rings (SSSR count). The molecule has 0 radical (unpaired) electrons. The fraction of sp³-hybridized carbons (Fsp3) is 0.800. The van der Waals surface area contributed by atoms with Crippen molar-refractivity contribution < 1.29 is 31.1 Å². The molecule has 0 aliphatic carbocycles. The Balaban J connectivity index is 0.000000360. The van der Waals surface area contributed by atoms with E-state index in [4.69, 9.17) is 0 Å². The second kappa shape index (κ2) is 5.15. The number of nitrogens with one attached hydrogen (secondary N) is 1. The van der Waals surface area contributed by atoms with Gasteiger partial charge in [-0.25, -0.2) is 0 Å². The molecule has 1 nitrogen and oxygen atoms in total. The molecule has 0 aromatic carbocycles. The molecule has 7 heavy (non-hydrogen) atoms. The molecule has 1 fully saturated rings. The van der Waals surface area contributed by atoms with Crippen LogP contribution in [0.3, 0.4) is 0 Å². The first kappa shape index (κ1) is 8.01. The van der Waals surface area contributed by atoms with Crippen molar-refractivity contribution in [1.82, 2.24) is 5.32 Å². The van der Waals surface area contributed by atoms with Crippen molar-refractivity contribution in [3.05, 3.63) is 6.42 Å². The molecule has 0 aromatic heterocycles. The number of hydrogen-bond donors (Lipinski definition) is 1. The van der Waals surface area contributed by atoms with Crippen LogP contribution in [0.2, 0.25) is 0 Å². The van der Waals surface area contributed by atoms with Crippen LogP contribution in [0.15, 0.2) is 0 Å². The van der Waals surface area contributed by atoms with Crippen LogP contribution in [-0.4, -0.2) is 13.1 Å². The van der Waals surface area contributed by atoms with E-state index in [0.29, 0.717) is 0 Å². The van der Waals surface area contributed by atoms with Crippen LogP contribution in [-0.2, 0) is 0 Å². The Labute approximate surface area is 68.6 Å². The Morgan fingerprint density at radius 3 is 1.86 bits per heavy atom. The first-order chi connectivity index (χ1) is 3.00. The van der Waals surface area contributed by atoms with Crippen molar-refractivity contribution in [3.63, 3.8) is 0 Å². The Morgan fingerprint density at radius 1 is 1.14 bits per heavy atom. The van der Waals surface area contributed by atoms with E-state index in [1.54, 1.807) is 0 Å². The van der Waals surface area contributed by atoms with Crippen LogP contribution in [0.1, 0.15) is 12.8 Å². The summed E-state index contributed by atoms with van der Waals surface area (Å²) in [6, 6.07) is 0. The van der Waals surface area contributed by atoms with E-state index in [2.05, 4.69) is 11.7 Å². The SMILES string of the molecule is [CH-]1CCNCC1.[U]. The van der Waals surface area contributed by atoms with Gasteiger partial charge in [-0.1, -0.05) is 0 Å². The van der Waals surface area contributed by atoms with Crippen molar-refractivity contribution in [1.29, 1.82) is 0 Å². The van der Waals surface area contributed by atoms with Crippen LogP contribution in [0.4, 0.5) is 0 Å². The molecule has 0 saturated carbocycles. The summed E-state index contributed by atoms with van der Waals surface area (Å²) in [4.78, 5) is 0. The van der Waals surface area contributed by atoms with Gasteiger partial charge in [-0.3, -0.25) is 0 Å². The van der Waals surface area contributed by atoms with Gasteiger partial charge >= 0.3 is 0 Å². The molecule has 1 saturated heterocycles. The third-order valence-electron chi connectivity index (χ3n) is 1.05. The van der Waals surface area contributed by atoms with Gasteiger partial charge < -0.3 is 11.7 Å². The summed E-state index contributed by atoms with van der Waals surface area (Å²) >= 11 is 0. The molecule has 0 atom stereocenters. The standard InChI is InChI=1S/C5H10N.U/c1-2-4-6-5-3-1;/h1,6H,2-5H2;/q-1;. The van der Waals surface area contributed by atoms with Gasteiger partial charge in [-0.2, -0.15) is 12.8 Å². The summed E-state index contributed by atoms with van der Waals surface area (Å²) in [5.41, 5.74) is 0. The maximum Gasteiger partial charge on any atom is 0 e. The molecule has 1 N–H and O–H groups in total. The van der Waals surface area contributed by atoms with Crippen LogP contribution in [0, 0.1) is 37.5 Å². The summed E-state index contributed by atoms with van der Waals surface area (Å²) in [6.45, 7) is 2.39. The molecule has 0 spiro atoms. The first-order valence-electron chi connectivity index (χ1n) is 2.52. The second-order valence-corrected chi connectivity index (χ2v) is 1.62. The fourth-order valence-corrected chi connectivity index (χ4v) is 0.678. The minimum Gasteiger partial charge on any atom is -0.326 e. The van der Waals surface area contributed by atoms with Gasteiger partial charge in [-0.05, 0) is 13.1 Å². The maximum absolute atomic E-state index is 3.25. The van der Waals surface area contributed by atoms with Crippen LogP contribution < -0.4 is 5.32 Å². The number of rotatable bonds is 0. The van der Waals surface area contributed by atoms with Gasteiger partial charge in [0.15, 0.2) is 0 Å². The quantitative estimate of drug-likeness (QED) is 0.643. The summed E-state index contributed by atoms with van der Waals surface area (Å²) in [6.07, 6.45) is 4.86. The summed E-state index contributed by atoms with van der Waals surface area (Å²) < 4.78 is 0. The largest absolute Gasteiger partial charge is 0.326 e. The fourth-order valence-electron chi connectivity index (χ4n) is 0.678. The van der Waals surface area contributed by atoms with Gasteiger partial charge in [0.2, 0.25) is 0 Å². The Kier molecular flexibility index (Phi) is 5.90. The van der Waals surface area contributed by atoms with Crippen molar-refractivity contribution >= 4 is 0 Å². The molecule has 40 valence electrons. The molecule has 0 unspecified atom stereocenters. The predicted octanol–water partition coefficient (Wildman–Crippen LogP) is 0.574. The third-order valence-corrected chi connectivity index (χ3v) is 1.05. The number of hydrogen-bond acceptors (Lipinski definition) is 1. The molecule has 1 aliphatic rings. The third kappa shape index (κ3) is 3.58. The van der Waals surface area contributed by atoms with Gasteiger partial charge in [0.05, 0.1) is 0 Å². The van der Waals surface area contributed by atoms with Crippen LogP contribution >= 0.6 is 0 Å². The van der Waals surface area contributed by atoms with E-state index in [-0.39, 0.29) is 31.1 Å². The zero-order chi connectivity index (χ0) is 4.24. The Morgan fingerprint density at radius 2 is 1.71 bits per heavy atom. The number of piperidine rings is 1. The van der Waals surface area contributed by atoms with E-state index in [1.807, 2.05) is 0 Å². The average molecular weight is 322 g/mol. The zero-order valence-corrected chi connectivity index (χ0v) is 8.57. The topological polar surface area (TPSA) is 12.0 Å². The minimum absolute atomic E-state index is 0. The molecule has 1 heterocycles. The van der Waals surface area contributed by atoms with Crippen LogP contribution in [0.5, 0.6) is 0 Å². The minimum atomic E-state index is 0. The monoisotopic (exact) mass is 322 g/mol. The zero-order valence-electron chi connectivity index (χ0n) is 4.41. The summed E-state index contributed by atoms with van der Waals surface area (Å²) in [7, 11) is 0. The van der Waals surface area contributed by atoms with Crippen LogP contribution in [0.25, 0.3) is 0 Å². The second-order valence-electron chi connectivity index (χ2n) is 1.62. The molecular formula is C5H10NU-. The molecule has 2 heteroatoms. The van der Waals surface area contributed by atoms with Gasteiger partial charge in [0, 0.05) is 31.1 Å². The van der Waals surface area contributed by atoms with Gasteiger partial charge in [0.25, 0.3) is 0 Å². The van der Waals surface area contributed by atoms with Crippen molar-refractivity contribution in [2.45, 2.75) is 12.8 Å². The van der Waals surface area contributed by atoms with Gasteiger partial charge in [0.1, 0.15) is 0 Å². The summed E-state index contributed by atoms with van der Waals surface area (Å²) in [5, 5.41) is 3.25. The molecule has 0 amide bonds. The van der Waals surface area contributed by atoms with Crippen molar-refractivity contribution in [3.8, 4) is 0 Å². The maximum atomic E-state index is 3.25. The Hall–Kier alpha value is 1.01. The van der Waals surface area contributed by atoms with E-state index in [0.717, 1.165) is 0 Å². The molecular weight excluding hydrogens is 312 g/mol. The summed E-state index contributed by atoms with van der Waals surface area (Å²) in [5.74, 6) is 0. The van der Waals surface area contributed by atoms with E-state index in [9.17, 15) is 0 Å². The molecule has 0 aromatic rings. The molecule has 0 bridgehead atoms. The van der Waals surface area contributed by atoms with E-state index in [1.165, 1.54) is 25.9 Å².